The number of carboxylic acids is 1. The number of aliphatic carboxylic acids is 1. The second-order valence-corrected chi connectivity index (χ2v) is 3.44. The molecule has 0 saturated heterocycles. The monoisotopic (exact) mass is 196 g/mol. The number of carboxylic acid groups (broad SMARTS) is 1. The number of hydrogen-bond donors (Lipinski definition) is 1. The number of allylic oxidation sites excluding steroid dienone is 3. The lowest BCUT2D eigenvalue weighted by molar-refractivity contribution is -0.131. The molecule has 0 amide bonds. The van der Waals surface area contributed by atoms with E-state index in [0.29, 0.717) is 0 Å². The van der Waals surface area contributed by atoms with Gasteiger partial charge in [0, 0.05) is 6.08 Å². The predicted molar refractivity (Wildman–Crippen MR) is 59.3 cm³/mol. The zero-order valence-electron chi connectivity index (χ0n) is 9.34. The molecule has 0 bridgehead atoms. The van der Waals surface area contributed by atoms with Gasteiger partial charge in [-0.25, -0.2) is 4.79 Å². The first-order chi connectivity index (χ1) is 6.60. The Bertz CT molecular complexity index is 237. The van der Waals surface area contributed by atoms with Gasteiger partial charge in [0.15, 0.2) is 0 Å². The summed E-state index contributed by atoms with van der Waals surface area (Å²) in [5.41, 5.74) is 2.38. The van der Waals surface area contributed by atoms with Gasteiger partial charge in [-0.2, -0.15) is 0 Å². The molecule has 14 heavy (non-hydrogen) atoms. The fourth-order valence-corrected chi connectivity index (χ4v) is 1.17. The van der Waals surface area contributed by atoms with Crippen molar-refractivity contribution in [2.45, 2.75) is 46.5 Å². The molecule has 80 valence electrons. The van der Waals surface area contributed by atoms with Crippen molar-refractivity contribution >= 4 is 5.97 Å². The smallest absolute Gasteiger partial charge is 0.328 e. The quantitative estimate of drug-likeness (QED) is 0.521. The summed E-state index contributed by atoms with van der Waals surface area (Å²) in [5.74, 6) is -0.835. The van der Waals surface area contributed by atoms with Crippen molar-refractivity contribution in [3.05, 3.63) is 23.3 Å². The van der Waals surface area contributed by atoms with Gasteiger partial charge in [0.1, 0.15) is 0 Å². The Morgan fingerprint density at radius 2 is 1.93 bits per heavy atom. The van der Waals surface area contributed by atoms with Crippen LogP contribution in [0, 0.1) is 0 Å². The maximum Gasteiger partial charge on any atom is 0.328 e. The molecule has 2 nitrogen and oxygen atoms in total. The van der Waals surface area contributed by atoms with E-state index in [9.17, 15) is 4.79 Å². The molecule has 0 rings (SSSR count). The molecule has 0 aromatic carbocycles. The van der Waals surface area contributed by atoms with E-state index in [1.54, 1.807) is 0 Å². The standard InChI is InChI=1S/C12H20O2/c1-4-10(3)7-6-8-11(5-2)9-12(13)14/h7,9H,4-6,8H2,1-3H3,(H,13,14)/b10-7+,11-9+. The SMILES string of the molecule is CC/C(C)=C/CC/C(=C/C(=O)O)CC. The third-order valence-electron chi connectivity index (χ3n) is 2.30. The van der Waals surface area contributed by atoms with Crippen LogP contribution in [0.5, 0.6) is 0 Å². The Morgan fingerprint density at radius 1 is 1.29 bits per heavy atom. The van der Waals surface area contributed by atoms with Gasteiger partial charge >= 0.3 is 5.97 Å². The summed E-state index contributed by atoms with van der Waals surface area (Å²) in [7, 11) is 0. The summed E-state index contributed by atoms with van der Waals surface area (Å²) >= 11 is 0. The fraction of sp³-hybridized carbons (Fsp3) is 0.583. The maximum atomic E-state index is 10.4. The van der Waals surface area contributed by atoms with Gasteiger partial charge in [-0.1, -0.05) is 31.1 Å². The van der Waals surface area contributed by atoms with Crippen LogP contribution < -0.4 is 0 Å². The molecule has 0 fully saturated rings. The molecular formula is C12H20O2. The van der Waals surface area contributed by atoms with Gasteiger partial charge in [-0.05, 0) is 32.6 Å². The average Bonchev–Trinajstić information content (AvgIpc) is 2.15. The number of rotatable bonds is 6. The van der Waals surface area contributed by atoms with Gasteiger partial charge in [0.05, 0.1) is 0 Å². The zero-order chi connectivity index (χ0) is 11.0. The highest BCUT2D eigenvalue weighted by molar-refractivity contribution is 5.80. The average molecular weight is 196 g/mol. The second-order valence-electron chi connectivity index (χ2n) is 3.44. The lowest BCUT2D eigenvalue weighted by Crippen LogP contribution is -1.91. The van der Waals surface area contributed by atoms with Crippen LogP contribution in [-0.4, -0.2) is 11.1 Å². The van der Waals surface area contributed by atoms with Crippen molar-refractivity contribution in [1.82, 2.24) is 0 Å². The Morgan fingerprint density at radius 3 is 2.36 bits per heavy atom. The largest absolute Gasteiger partial charge is 0.478 e. The highest BCUT2D eigenvalue weighted by atomic mass is 16.4. The van der Waals surface area contributed by atoms with Crippen molar-refractivity contribution in [3.63, 3.8) is 0 Å². The minimum Gasteiger partial charge on any atom is -0.478 e. The molecule has 0 aliphatic carbocycles. The normalized spacial score (nSPS) is 13.1. The van der Waals surface area contributed by atoms with E-state index in [-0.39, 0.29) is 0 Å². The summed E-state index contributed by atoms with van der Waals surface area (Å²) in [6, 6.07) is 0. The number of carbonyl (C=O) groups is 1. The molecule has 0 aliphatic heterocycles. The van der Waals surface area contributed by atoms with E-state index < -0.39 is 5.97 Å². The van der Waals surface area contributed by atoms with Crippen molar-refractivity contribution in [2.24, 2.45) is 0 Å². The van der Waals surface area contributed by atoms with Crippen molar-refractivity contribution in [3.8, 4) is 0 Å². The minimum atomic E-state index is -0.835. The molecule has 0 saturated carbocycles. The molecule has 2 heteroatoms. The van der Waals surface area contributed by atoms with Crippen molar-refractivity contribution < 1.29 is 9.90 Å². The molecule has 0 heterocycles. The first-order valence-electron chi connectivity index (χ1n) is 5.18. The van der Waals surface area contributed by atoms with E-state index in [2.05, 4.69) is 19.9 Å². The highest BCUT2D eigenvalue weighted by Crippen LogP contribution is 2.11. The molecule has 0 aliphatic rings. The molecule has 0 atom stereocenters. The van der Waals surface area contributed by atoms with Gasteiger partial charge in [0.2, 0.25) is 0 Å². The third-order valence-corrected chi connectivity index (χ3v) is 2.30. The van der Waals surface area contributed by atoms with E-state index >= 15 is 0 Å². The molecule has 0 radical (unpaired) electrons. The highest BCUT2D eigenvalue weighted by Gasteiger charge is 1.97. The molecule has 0 aromatic rings. The van der Waals surface area contributed by atoms with E-state index in [1.165, 1.54) is 11.6 Å². The third kappa shape index (κ3) is 6.46. The molecule has 0 spiro atoms. The Labute approximate surface area is 86.3 Å². The first-order valence-corrected chi connectivity index (χ1v) is 5.18. The Balaban J connectivity index is 4.03. The van der Waals surface area contributed by atoms with Crippen LogP contribution in [0.1, 0.15) is 46.5 Å². The Kier molecular flexibility index (Phi) is 6.81. The van der Waals surface area contributed by atoms with Crippen LogP contribution in [0.15, 0.2) is 23.3 Å². The van der Waals surface area contributed by atoms with E-state index in [0.717, 1.165) is 31.3 Å². The van der Waals surface area contributed by atoms with Crippen LogP contribution >= 0.6 is 0 Å². The molecule has 0 aromatic heterocycles. The number of hydrogen-bond acceptors (Lipinski definition) is 1. The van der Waals surface area contributed by atoms with Crippen LogP contribution in [0.25, 0.3) is 0 Å². The van der Waals surface area contributed by atoms with Gasteiger partial charge in [-0.3, -0.25) is 0 Å². The van der Waals surface area contributed by atoms with Gasteiger partial charge < -0.3 is 5.11 Å². The van der Waals surface area contributed by atoms with Gasteiger partial charge in [0.25, 0.3) is 0 Å². The van der Waals surface area contributed by atoms with Crippen LogP contribution in [0.2, 0.25) is 0 Å². The van der Waals surface area contributed by atoms with Crippen molar-refractivity contribution in [1.29, 1.82) is 0 Å². The topological polar surface area (TPSA) is 37.3 Å². The Hall–Kier alpha value is -1.05. The summed E-state index contributed by atoms with van der Waals surface area (Å²) < 4.78 is 0. The molecule has 0 unspecified atom stereocenters. The molecule has 1 N–H and O–H groups in total. The van der Waals surface area contributed by atoms with E-state index in [4.69, 9.17) is 5.11 Å². The lowest BCUT2D eigenvalue weighted by atomic mass is 10.1. The van der Waals surface area contributed by atoms with Crippen LogP contribution in [-0.2, 0) is 4.79 Å². The fourth-order valence-electron chi connectivity index (χ4n) is 1.17. The first kappa shape index (κ1) is 12.9. The molecular weight excluding hydrogens is 176 g/mol. The summed E-state index contributed by atoms with van der Waals surface area (Å²) in [4.78, 5) is 10.4. The summed E-state index contributed by atoms with van der Waals surface area (Å²) in [6.07, 6.45) is 7.22. The predicted octanol–water partition coefficient (Wildman–Crippen LogP) is 3.54. The summed E-state index contributed by atoms with van der Waals surface area (Å²) in [5, 5.41) is 8.58. The van der Waals surface area contributed by atoms with Crippen molar-refractivity contribution in [2.75, 3.05) is 0 Å². The summed E-state index contributed by atoms with van der Waals surface area (Å²) in [6.45, 7) is 6.22. The second kappa shape index (κ2) is 7.36. The van der Waals surface area contributed by atoms with Crippen LogP contribution in [0.3, 0.4) is 0 Å². The van der Waals surface area contributed by atoms with Crippen LogP contribution in [0.4, 0.5) is 0 Å². The van der Waals surface area contributed by atoms with E-state index in [1.807, 2.05) is 6.92 Å². The zero-order valence-corrected chi connectivity index (χ0v) is 9.34. The lowest BCUT2D eigenvalue weighted by Gasteiger charge is -2.01. The maximum absolute atomic E-state index is 10.4. The van der Waals surface area contributed by atoms with Gasteiger partial charge in [-0.15, -0.1) is 0 Å². The minimum absolute atomic E-state index is 0.825.